The highest BCUT2D eigenvalue weighted by Gasteiger charge is 2.39. The number of rotatable bonds is 2. The Kier molecular flexibility index (Phi) is 3.32. The maximum Gasteiger partial charge on any atom is 0.157 e. The largest absolute Gasteiger partial charge is 0.371 e. The molecule has 6 heteroatoms. The first kappa shape index (κ1) is 13.7. The summed E-state index contributed by atoms with van der Waals surface area (Å²) in [6.07, 6.45) is 7.90. The fourth-order valence-corrected chi connectivity index (χ4v) is 4.09. The molecule has 4 rings (SSSR count). The van der Waals surface area contributed by atoms with Crippen molar-refractivity contribution in [2.75, 3.05) is 5.32 Å². The van der Waals surface area contributed by atoms with Gasteiger partial charge in [0.15, 0.2) is 11.0 Å². The van der Waals surface area contributed by atoms with Gasteiger partial charge in [-0.2, -0.15) is 0 Å². The van der Waals surface area contributed by atoms with Crippen molar-refractivity contribution < 1.29 is 9.84 Å². The van der Waals surface area contributed by atoms with E-state index in [1.54, 1.807) is 0 Å². The molecule has 1 aliphatic carbocycles. The van der Waals surface area contributed by atoms with E-state index in [-0.39, 0.29) is 12.2 Å². The standard InChI is InChI=1S/C15H20ClN3O2/c16-13-10-8-9-4-5-11(21-9)12(10)14(19-18-13)17-15(20)6-2-1-3-7-15/h9,11,20H,1-8H2,(H,17,19)/t9-,11+/m1/s1. The SMILES string of the molecule is OC1(Nc2nnc(Cl)c3c2[C@@H]2CC[C@H](C3)O2)CCCCC1. The van der Waals surface area contributed by atoms with Crippen LogP contribution in [-0.2, 0) is 11.2 Å². The normalized spacial score (nSPS) is 30.0. The van der Waals surface area contributed by atoms with E-state index < -0.39 is 5.72 Å². The molecule has 1 saturated heterocycles. The van der Waals surface area contributed by atoms with Gasteiger partial charge in [-0.15, -0.1) is 10.2 Å². The number of nitrogens with one attached hydrogen (secondary N) is 1. The lowest BCUT2D eigenvalue weighted by Gasteiger charge is -2.35. The molecule has 2 fully saturated rings. The van der Waals surface area contributed by atoms with Crippen LogP contribution < -0.4 is 5.32 Å². The predicted octanol–water partition coefficient (Wildman–Crippen LogP) is 2.97. The zero-order valence-corrected chi connectivity index (χ0v) is 12.7. The predicted molar refractivity (Wildman–Crippen MR) is 79.3 cm³/mol. The topological polar surface area (TPSA) is 67.3 Å². The van der Waals surface area contributed by atoms with Crippen molar-refractivity contribution in [1.82, 2.24) is 10.2 Å². The molecular formula is C15H20ClN3O2. The van der Waals surface area contributed by atoms with Crippen LogP contribution in [0.2, 0.25) is 5.15 Å². The third kappa shape index (κ3) is 2.41. The fourth-order valence-electron chi connectivity index (χ4n) is 3.87. The molecule has 0 unspecified atom stereocenters. The van der Waals surface area contributed by atoms with Gasteiger partial charge in [-0.3, -0.25) is 0 Å². The van der Waals surface area contributed by atoms with Gasteiger partial charge in [0.25, 0.3) is 0 Å². The second-order valence-electron chi connectivity index (χ2n) is 6.48. The van der Waals surface area contributed by atoms with Crippen molar-refractivity contribution in [1.29, 1.82) is 0 Å². The molecule has 0 radical (unpaired) electrons. The molecule has 0 aromatic carbocycles. The number of anilines is 1. The third-order valence-corrected chi connectivity index (χ3v) is 5.26. The summed E-state index contributed by atoms with van der Waals surface area (Å²) in [5, 5.41) is 22.7. The van der Waals surface area contributed by atoms with Gasteiger partial charge in [0.2, 0.25) is 0 Å². The summed E-state index contributed by atoms with van der Waals surface area (Å²) in [7, 11) is 0. The Bertz CT molecular complexity index is 560. The molecule has 2 N–H and O–H groups in total. The minimum atomic E-state index is -0.871. The Morgan fingerprint density at radius 1 is 1.19 bits per heavy atom. The first-order valence-electron chi connectivity index (χ1n) is 7.86. The molecule has 114 valence electrons. The van der Waals surface area contributed by atoms with E-state index in [1.165, 1.54) is 6.42 Å². The Morgan fingerprint density at radius 2 is 2.00 bits per heavy atom. The fraction of sp³-hybridized carbons (Fsp3) is 0.733. The highest BCUT2D eigenvalue weighted by molar-refractivity contribution is 6.30. The maximum absolute atomic E-state index is 10.7. The summed E-state index contributed by atoms with van der Waals surface area (Å²) >= 11 is 6.23. The van der Waals surface area contributed by atoms with Crippen LogP contribution in [-0.4, -0.2) is 27.1 Å². The molecule has 2 bridgehead atoms. The molecule has 1 aromatic rings. The number of ether oxygens (including phenoxy) is 1. The number of hydrogen-bond donors (Lipinski definition) is 2. The Hall–Kier alpha value is -0.910. The maximum atomic E-state index is 10.7. The lowest BCUT2D eigenvalue weighted by atomic mass is 9.91. The molecule has 0 amide bonds. The minimum absolute atomic E-state index is 0.0430. The Labute approximate surface area is 129 Å². The Morgan fingerprint density at radius 3 is 2.81 bits per heavy atom. The van der Waals surface area contributed by atoms with Crippen molar-refractivity contribution in [2.24, 2.45) is 0 Å². The van der Waals surface area contributed by atoms with Gasteiger partial charge in [0.1, 0.15) is 5.72 Å². The van der Waals surface area contributed by atoms with Gasteiger partial charge in [-0.25, -0.2) is 0 Å². The van der Waals surface area contributed by atoms with Crippen LogP contribution >= 0.6 is 11.6 Å². The van der Waals surface area contributed by atoms with Crippen molar-refractivity contribution in [3.63, 3.8) is 0 Å². The van der Waals surface area contributed by atoms with Crippen LogP contribution in [0.25, 0.3) is 0 Å². The second kappa shape index (κ2) is 5.07. The van der Waals surface area contributed by atoms with Crippen molar-refractivity contribution in [3.05, 3.63) is 16.3 Å². The highest BCUT2D eigenvalue weighted by Crippen LogP contribution is 2.46. The number of hydrogen-bond acceptors (Lipinski definition) is 5. The molecule has 3 heterocycles. The van der Waals surface area contributed by atoms with E-state index in [2.05, 4.69) is 15.5 Å². The van der Waals surface area contributed by atoms with E-state index in [0.717, 1.165) is 56.1 Å². The van der Waals surface area contributed by atoms with Crippen LogP contribution in [0.3, 0.4) is 0 Å². The summed E-state index contributed by atoms with van der Waals surface area (Å²) < 4.78 is 5.99. The molecule has 5 nitrogen and oxygen atoms in total. The van der Waals surface area contributed by atoms with Gasteiger partial charge in [0, 0.05) is 17.5 Å². The van der Waals surface area contributed by atoms with Gasteiger partial charge in [0.05, 0.1) is 12.2 Å². The van der Waals surface area contributed by atoms with E-state index >= 15 is 0 Å². The van der Waals surface area contributed by atoms with Crippen LogP contribution in [0.4, 0.5) is 5.82 Å². The number of aliphatic hydroxyl groups is 1. The Balaban J connectivity index is 1.70. The van der Waals surface area contributed by atoms with Crippen molar-refractivity contribution in [3.8, 4) is 0 Å². The quantitative estimate of drug-likeness (QED) is 0.822. The zero-order chi connectivity index (χ0) is 14.4. The molecule has 0 spiro atoms. The molecule has 2 aliphatic heterocycles. The van der Waals surface area contributed by atoms with Gasteiger partial charge in [-0.1, -0.05) is 18.0 Å². The molecule has 21 heavy (non-hydrogen) atoms. The van der Waals surface area contributed by atoms with Crippen LogP contribution in [0.1, 0.15) is 62.2 Å². The number of halogens is 1. The zero-order valence-electron chi connectivity index (χ0n) is 11.9. The number of nitrogens with zero attached hydrogens (tertiary/aromatic N) is 2. The highest BCUT2D eigenvalue weighted by atomic mass is 35.5. The molecular weight excluding hydrogens is 290 g/mol. The molecule has 1 aromatic heterocycles. The van der Waals surface area contributed by atoms with Crippen LogP contribution in [0.5, 0.6) is 0 Å². The summed E-state index contributed by atoms with van der Waals surface area (Å²) in [6, 6.07) is 0. The van der Waals surface area contributed by atoms with Gasteiger partial charge >= 0.3 is 0 Å². The van der Waals surface area contributed by atoms with Crippen molar-refractivity contribution >= 4 is 17.4 Å². The first-order chi connectivity index (χ1) is 10.1. The van der Waals surface area contributed by atoms with E-state index in [9.17, 15) is 5.11 Å². The van der Waals surface area contributed by atoms with Crippen LogP contribution in [0, 0.1) is 0 Å². The smallest absolute Gasteiger partial charge is 0.157 e. The first-order valence-corrected chi connectivity index (χ1v) is 8.23. The monoisotopic (exact) mass is 309 g/mol. The van der Waals surface area contributed by atoms with Gasteiger partial charge < -0.3 is 15.2 Å². The van der Waals surface area contributed by atoms with E-state index in [4.69, 9.17) is 16.3 Å². The van der Waals surface area contributed by atoms with Gasteiger partial charge in [-0.05, 0) is 38.5 Å². The molecule has 1 saturated carbocycles. The summed E-state index contributed by atoms with van der Waals surface area (Å²) in [5.74, 6) is 0.657. The number of fused-ring (bicyclic) bond motifs is 4. The van der Waals surface area contributed by atoms with Crippen LogP contribution in [0.15, 0.2) is 0 Å². The summed E-state index contributed by atoms with van der Waals surface area (Å²) in [5.41, 5.74) is 1.19. The summed E-state index contributed by atoms with van der Waals surface area (Å²) in [4.78, 5) is 0. The minimum Gasteiger partial charge on any atom is -0.371 e. The molecule has 3 aliphatic rings. The van der Waals surface area contributed by atoms with Crippen molar-refractivity contribution in [2.45, 2.75) is 69.3 Å². The third-order valence-electron chi connectivity index (χ3n) is 4.96. The average Bonchev–Trinajstić information content (AvgIpc) is 2.84. The molecule has 2 atom stereocenters. The van der Waals surface area contributed by atoms with E-state index in [0.29, 0.717) is 11.0 Å². The second-order valence-corrected chi connectivity index (χ2v) is 6.84. The summed E-state index contributed by atoms with van der Waals surface area (Å²) in [6.45, 7) is 0. The average molecular weight is 310 g/mol. The van der Waals surface area contributed by atoms with E-state index in [1.807, 2.05) is 0 Å². The lowest BCUT2D eigenvalue weighted by Crippen LogP contribution is -2.41. The lowest BCUT2D eigenvalue weighted by molar-refractivity contribution is 0.0255. The number of aromatic nitrogens is 2.